The van der Waals surface area contributed by atoms with Crippen LogP contribution in [0.15, 0.2) is 34.0 Å². The van der Waals surface area contributed by atoms with Crippen LogP contribution in [0.3, 0.4) is 0 Å². The minimum atomic E-state index is -0.907. The van der Waals surface area contributed by atoms with Crippen molar-refractivity contribution in [3.8, 4) is 0 Å². The number of alkyl halides is 1. The Hall–Kier alpha value is -1.84. The molecule has 3 N–H and O–H groups in total. The summed E-state index contributed by atoms with van der Waals surface area (Å²) in [6.45, 7) is 1.75. The Labute approximate surface area is 193 Å². The van der Waals surface area contributed by atoms with E-state index in [1.54, 1.807) is 25.1 Å². The van der Waals surface area contributed by atoms with Gasteiger partial charge in [-0.25, -0.2) is 4.79 Å². The number of aryl methyl sites for hydroxylation is 1. The third kappa shape index (κ3) is 5.51. The van der Waals surface area contributed by atoms with Gasteiger partial charge >= 0.3 is 5.69 Å². The lowest BCUT2D eigenvalue weighted by atomic mass is 10.00. The van der Waals surface area contributed by atoms with E-state index >= 15 is 0 Å². The molecule has 0 spiro atoms. The van der Waals surface area contributed by atoms with Crippen LogP contribution in [0.2, 0.25) is 10.0 Å². The Balaban J connectivity index is 1.65. The van der Waals surface area contributed by atoms with Gasteiger partial charge in [0.2, 0.25) is 5.91 Å². The zero-order valence-electron chi connectivity index (χ0n) is 16.6. The summed E-state index contributed by atoms with van der Waals surface area (Å²) in [5.41, 5.74) is -0.172. The number of aliphatic hydroxyl groups is 1. The summed E-state index contributed by atoms with van der Waals surface area (Å²) in [5, 5.41) is 14.0. The molecule has 2 aromatic rings. The molecule has 1 aromatic carbocycles. The monoisotopic (exact) mass is 489 g/mol. The molecule has 0 saturated carbocycles. The predicted molar refractivity (Wildman–Crippen MR) is 118 cm³/mol. The van der Waals surface area contributed by atoms with E-state index in [4.69, 9.17) is 39.5 Å². The standard InChI is InChI=1S/C20H22Cl3N3O5/c1-10(13-3-2-12(22)6-14(13)23)18(28)24-8-16-15(27)7-17(31-16)26-9-11(4-5-21)19(29)25-20(26)30/h2-3,6,9-10,15-17,27H,4-5,7-8H2,1H3,(H,24,28)(H,25,29,30)/t10?,15?,16-,17-/m0/s1. The van der Waals surface area contributed by atoms with Gasteiger partial charge in [0, 0.05) is 40.7 Å². The fraction of sp³-hybridized carbons (Fsp3) is 0.450. The van der Waals surface area contributed by atoms with Crippen LogP contribution in [-0.2, 0) is 16.0 Å². The number of aliphatic hydroxyl groups excluding tert-OH is 1. The first-order chi connectivity index (χ1) is 14.7. The molecule has 8 nitrogen and oxygen atoms in total. The molecule has 1 aromatic heterocycles. The molecular formula is C20H22Cl3N3O5. The number of aromatic nitrogens is 2. The third-order valence-electron chi connectivity index (χ3n) is 5.22. The largest absolute Gasteiger partial charge is 0.390 e. The fourth-order valence-electron chi connectivity index (χ4n) is 3.44. The van der Waals surface area contributed by atoms with Crippen molar-refractivity contribution >= 4 is 40.7 Å². The van der Waals surface area contributed by atoms with Crippen molar-refractivity contribution in [3.63, 3.8) is 0 Å². The van der Waals surface area contributed by atoms with Crippen molar-refractivity contribution < 1.29 is 14.6 Å². The topological polar surface area (TPSA) is 113 Å². The molecular weight excluding hydrogens is 469 g/mol. The molecule has 0 bridgehead atoms. The van der Waals surface area contributed by atoms with Crippen LogP contribution in [0.5, 0.6) is 0 Å². The summed E-state index contributed by atoms with van der Waals surface area (Å²) in [4.78, 5) is 38.8. The van der Waals surface area contributed by atoms with E-state index in [1.807, 2.05) is 0 Å². The SMILES string of the molecule is CC(C(=O)NC[C@@H]1O[C@H](n2cc(CCCl)c(=O)[nH]c2=O)CC1O)c1ccc(Cl)cc1Cl. The highest BCUT2D eigenvalue weighted by molar-refractivity contribution is 6.35. The molecule has 2 heterocycles. The maximum atomic E-state index is 12.6. The van der Waals surface area contributed by atoms with Crippen molar-refractivity contribution in [1.29, 1.82) is 0 Å². The number of rotatable bonds is 7. The minimum absolute atomic E-state index is 0.0404. The van der Waals surface area contributed by atoms with E-state index < -0.39 is 35.6 Å². The second-order valence-electron chi connectivity index (χ2n) is 7.32. The van der Waals surface area contributed by atoms with Gasteiger partial charge in [-0.05, 0) is 31.0 Å². The minimum Gasteiger partial charge on any atom is -0.390 e. The van der Waals surface area contributed by atoms with Gasteiger partial charge in [0.15, 0.2) is 0 Å². The second kappa shape index (κ2) is 10.2. The number of nitrogens with one attached hydrogen (secondary N) is 2. The Morgan fingerprint density at radius 1 is 1.39 bits per heavy atom. The number of aromatic amines is 1. The molecule has 1 aliphatic rings. The molecule has 4 atom stereocenters. The number of benzene rings is 1. The van der Waals surface area contributed by atoms with E-state index in [9.17, 15) is 19.5 Å². The fourth-order valence-corrected chi connectivity index (χ4v) is 4.21. The van der Waals surface area contributed by atoms with Gasteiger partial charge < -0.3 is 15.2 Å². The Morgan fingerprint density at radius 2 is 2.13 bits per heavy atom. The van der Waals surface area contributed by atoms with E-state index in [0.29, 0.717) is 21.2 Å². The predicted octanol–water partition coefficient (Wildman–Crippen LogP) is 2.19. The van der Waals surface area contributed by atoms with E-state index in [1.165, 1.54) is 10.8 Å². The van der Waals surface area contributed by atoms with Gasteiger partial charge in [-0.2, -0.15) is 0 Å². The number of amides is 1. The lowest BCUT2D eigenvalue weighted by molar-refractivity contribution is -0.123. The molecule has 1 fully saturated rings. The van der Waals surface area contributed by atoms with Crippen LogP contribution >= 0.6 is 34.8 Å². The van der Waals surface area contributed by atoms with Crippen LogP contribution in [-0.4, -0.2) is 45.2 Å². The second-order valence-corrected chi connectivity index (χ2v) is 8.55. The van der Waals surface area contributed by atoms with Crippen molar-refractivity contribution in [2.24, 2.45) is 0 Å². The summed E-state index contributed by atoms with van der Waals surface area (Å²) in [6.07, 6.45) is -0.597. The maximum absolute atomic E-state index is 12.6. The molecule has 0 radical (unpaired) electrons. The number of carbonyl (C=O) groups is 1. The molecule has 2 unspecified atom stereocenters. The van der Waals surface area contributed by atoms with Crippen LogP contribution in [0.25, 0.3) is 0 Å². The number of hydrogen-bond acceptors (Lipinski definition) is 5. The van der Waals surface area contributed by atoms with Crippen LogP contribution in [0, 0.1) is 0 Å². The molecule has 1 aliphatic heterocycles. The van der Waals surface area contributed by atoms with Gasteiger partial charge in [-0.15, -0.1) is 11.6 Å². The summed E-state index contributed by atoms with van der Waals surface area (Å²) in [7, 11) is 0. The van der Waals surface area contributed by atoms with Gasteiger partial charge in [0.25, 0.3) is 5.56 Å². The molecule has 11 heteroatoms. The Kier molecular flexibility index (Phi) is 7.82. The number of hydrogen-bond donors (Lipinski definition) is 3. The van der Waals surface area contributed by atoms with Crippen molar-refractivity contribution in [2.45, 2.75) is 44.1 Å². The number of nitrogens with zero attached hydrogens (tertiary/aromatic N) is 1. The highest BCUT2D eigenvalue weighted by Crippen LogP contribution is 2.29. The zero-order chi connectivity index (χ0) is 22.7. The summed E-state index contributed by atoms with van der Waals surface area (Å²) in [5.74, 6) is -0.618. The lowest BCUT2D eigenvalue weighted by Crippen LogP contribution is -2.39. The Morgan fingerprint density at radius 3 is 2.81 bits per heavy atom. The molecule has 168 valence electrons. The quantitative estimate of drug-likeness (QED) is 0.515. The van der Waals surface area contributed by atoms with Gasteiger partial charge in [0.1, 0.15) is 12.3 Å². The van der Waals surface area contributed by atoms with E-state index in [2.05, 4.69) is 10.3 Å². The number of carbonyl (C=O) groups excluding carboxylic acids is 1. The molecule has 1 saturated heterocycles. The van der Waals surface area contributed by atoms with Gasteiger partial charge in [0.05, 0.1) is 12.0 Å². The molecule has 1 amide bonds. The number of H-pyrrole nitrogens is 1. The van der Waals surface area contributed by atoms with E-state index in [-0.39, 0.29) is 31.2 Å². The highest BCUT2D eigenvalue weighted by atomic mass is 35.5. The van der Waals surface area contributed by atoms with Crippen molar-refractivity contribution in [3.05, 3.63) is 66.4 Å². The average molecular weight is 491 g/mol. The third-order valence-corrected chi connectivity index (χ3v) is 5.97. The molecule has 3 rings (SSSR count). The average Bonchev–Trinajstić information content (AvgIpc) is 3.08. The number of ether oxygens (including phenoxy) is 1. The normalized spacial score (nSPS) is 21.8. The van der Waals surface area contributed by atoms with E-state index in [0.717, 1.165) is 0 Å². The molecule has 31 heavy (non-hydrogen) atoms. The van der Waals surface area contributed by atoms with Gasteiger partial charge in [-0.3, -0.25) is 19.1 Å². The maximum Gasteiger partial charge on any atom is 0.330 e. The highest BCUT2D eigenvalue weighted by Gasteiger charge is 2.36. The summed E-state index contributed by atoms with van der Waals surface area (Å²) >= 11 is 17.8. The first kappa shape index (κ1) is 23.8. The van der Waals surface area contributed by atoms with Crippen LogP contribution in [0.1, 0.15) is 36.6 Å². The lowest BCUT2D eigenvalue weighted by Gasteiger charge is -2.19. The van der Waals surface area contributed by atoms with Gasteiger partial charge in [-0.1, -0.05) is 29.3 Å². The smallest absolute Gasteiger partial charge is 0.330 e. The summed E-state index contributed by atoms with van der Waals surface area (Å²) < 4.78 is 7.02. The Bertz CT molecular complexity index is 1070. The van der Waals surface area contributed by atoms with Crippen molar-refractivity contribution in [2.75, 3.05) is 12.4 Å². The summed E-state index contributed by atoms with van der Waals surface area (Å²) in [6, 6.07) is 4.91. The van der Waals surface area contributed by atoms with Crippen LogP contribution in [0.4, 0.5) is 0 Å². The van der Waals surface area contributed by atoms with Crippen LogP contribution < -0.4 is 16.6 Å². The first-order valence-electron chi connectivity index (χ1n) is 9.67. The number of halogens is 3. The van der Waals surface area contributed by atoms with Crippen molar-refractivity contribution in [1.82, 2.24) is 14.9 Å². The molecule has 0 aliphatic carbocycles. The first-order valence-corrected chi connectivity index (χ1v) is 11.0. The zero-order valence-corrected chi connectivity index (χ0v) is 18.9.